The maximum atomic E-state index is 12.6. The summed E-state index contributed by atoms with van der Waals surface area (Å²) in [5.74, 6) is -1.39. The minimum absolute atomic E-state index is 0.00954. The number of hydrogen-bond acceptors (Lipinski definition) is 4. The summed E-state index contributed by atoms with van der Waals surface area (Å²) < 4.78 is 27.8. The zero-order chi connectivity index (χ0) is 18.0. The van der Waals surface area contributed by atoms with Gasteiger partial charge < -0.3 is 14.8 Å². The number of carboxylic acids is 1. The molecule has 0 spiro atoms. The summed E-state index contributed by atoms with van der Waals surface area (Å²) >= 11 is 0. The third-order valence-electron chi connectivity index (χ3n) is 3.72. The van der Waals surface area contributed by atoms with Crippen LogP contribution in [-0.2, 0) is 10.0 Å². The van der Waals surface area contributed by atoms with E-state index in [0.29, 0.717) is 11.1 Å². The fraction of sp³-hybridized carbons (Fsp3) is 0.562. The van der Waals surface area contributed by atoms with Crippen LogP contribution in [-0.4, -0.2) is 41.6 Å². The summed E-state index contributed by atoms with van der Waals surface area (Å²) in [7, 11) is 0.225. The van der Waals surface area contributed by atoms with Gasteiger partial charge in [0.1, 0.15) is 0 Å². The van der Waals surface area contributed by atoms with Crippen molar-refractivity contribution in [2.45, 2.75) is 32.6 Å². The first kappa shape index (κ1) is 19.6. The Bertz CT molecular complexity index is 694. The lowest BCUT2D eigenvalue weighted by Crippen LogP contribution is -3.07. The smallest absolute Gasteiger partial charge is 0.240 e. The Kier molecular flexibility index (Phi) is 5.95. The van der Waals surface area contributed by atoms with E-state index in [4.69, 9.17) is 0 Å². The van der Waals surface area contributed by atoms with Crippen LogP contribution in [0.2, 0.25) is 0 Å². The van der Waals surface area contributed by atoms with Gasteiger partial charge in [-0.2, -0.15) is 0 Å². The number of nitrogens with one attached hydrogen (secondary N) is 2. The highest BCUT2D eigenvalue weighted by atomic mass is 32.2. The van der Waals surface area contributed by atoms with Gasteiger partial charge in [-0.05, 0) is 42.7 Å². The molecule has 1 aromatic rings. The van der Waals surface area contributed by atoms with Crippen LogP contribution in [0.1, 0.15) is 35.3 Å². The second-order valence-electron chi connectivity index (χ2n) is 7.08. The van der Waals surface area contributed by atoms with Crippen LogP contribution in [0, 0.1) is 19.3 Å². The standard InChI is InChI=1S/C16H26N2O4S/c1-11-7-13(15(19)20)8-14(12(11)2)23(21,22)17-9-16(3,4)10-18(5)6/h7-8,17H,9-10H2,1-6H3,(H,19,20). The summed E-state index contributed by atoms with van der Waals surface area (Å²) in [6, 6.07) is 2.58. The van der Waals surface area contributed by atoms with Crippen molar-refractivity contribution in [2.24, 2.45) is 5.41 Å². The van der Waals surface area contributed by atoms with Crippen molar-refractivity contribution in [1.82, 2.24) is 4.72 Å². The van der Waals surface area contributed by atoms with Crippen LogP contribution in [0.15, 0.2) is 17.0 Å². The molecule has 0 saturated heterocycles. The average Bonchev–Trinajstić information content (AvgIpc) is 2.38. The van der Waals surface area contributed by atoms with Crippen molar-refractivity contribution in [1.29, 1.82) is 0 Å². The van der Waals surface area contributed by atoms with Crippen molar-refractivity contribution < 1.29 is 23.2 Å². The number of benzene rings is 1. The summed E-state index contributed by atoms with van der Waals surface area (Å²) in [5, 5.41) is 11.1. The molecule has 0 fully saturated rings. The van der Waals surface area contributed by atoms with Crippen molar-refractivity contribution >= 4 is 16.0 Å². The number of carbonyl (C=O) groups excluding carboxylic acids is 1. The highest BCUT2D eigenvalue weighted by Gasteiger charge is 2.26. The van der Waals surface area contributed by atoms with Crippen molar-refractivity contribution in [3.63, 3.8) is 0 Å². The Morgan fingerprint density at radius 2 is 1.83 bits per heavy atom. The minimum Gasteiger partial charge on any atom is -0.545 e. The Labute approximate surface area is 138 Å². The highest BCUT2D eigenvalue weighted by molar-refractivity contribution is 7.89. The van der Waals surface area contributed by atoms with Gasteiger partial charge in [0.15, 0.2) is 0 Å². The summed E-state index contributed by atoms with van der Waals surface area (Å²) in [6.45, 7) is 8.38. The van der Waals surface area contributed by atoms with E-state index in [0.717, 1.165) is 12.6 Å². The topological polar surface area (TPSA) is 90.7 Å². The van der Waals surface area contributed by atoms with Gasteiger partial charge in [0.05, 0.1) is 31.5 Å². The highest BCUT2D eigenvalue weighted by Crippen LogP contribution is 2.22. The molecule has 0 aliphatic carbocycles. The molecule has 0 aliphatic rings. The van der Waals surface area contributed by atoms with E-state index < -0.39 is 16.0 Å². The van der Waals surface area contributed by atoms with E-state index in [2.05, 4.69) is 4.72 Å². The predicted molar refractivity (Wildman–Crippen MR) is 86.9 cm³/mol. The Morgan fingerprint density at radius 3 is 2.30 bits per heavy atom. The van der Waals surface area contributed by atoms with E-state index in [1.165, 1.54) is 11.0 Å². The fourth-order valence-electron chi connectivity index (χ4n) is 2.61. The maximum absolute atomic E-state index is 12.6. The third kappa shape index (κ3) is 5.30. The average molecular weight is 342 g/mol. The van der Waals surface area contributed by atoms with Crippen LogP contribution >= 0.6 is 0 Å². The molecule has 7 heteroatoms. The molecule has 0 heterocycles. The van der Waals surface area contributed by atoms with Crippen LogP contribution in [0.25, 0.3) is 0 Å². The van der Waals surface area contributed by atoms with E-state index in [1.54, 1.807) is 13.8 Å². The lowest BCUT2D eigenvalue weighted by molar-refractivity contribution is -0.865. The van der Waals surface area contributed by atoms with Gasteiger partial charge in [0.2, 0.25) is 10.0 Å². The van der Waals surface area contributed by atoms with E-state index in [9.17, 15) is 18.3 Å². The molecule has 0 aliphatic heterocycles. The van der Waals surface area contributed by atoms with Crippen LogP contribution in [0.3, 0.4) is 0 Å². The Balaban J connectivity index is 3.12. The molecular formula is C16H26N2O4S. The van der Waals surface area contributed by atoms with E-state index >= 15 is 0 Å². The van der Waals surface area contributed by atoms with Crippen LogP contribution < -0.4 is 14.7 Å². The Hall–Kier alpha value is -1.44. The number of aromatic carboxylic acids is 1. The van der Waals surface area contributed by atoms with Gasteiger partial charge in [0, 0.05) is 12.0 Å². The number of rotatable bonds is 7. The van der Waals surface area contributed by atoms with E-state index in [1.807, 2.05) is 27.9 Å². The molecule has 130 valence electrons. The molecule has 0 bridgehead atoms. The first-order chi connectivity index (χ1) is 10.4. The second-order valence-corrected chi connectivity index (χ2v) is 8.81. The molecule has 0 radical (unpaired) electrons. The van der Waals surface area contributed by atoms with Crippen LogP contribution in [0.4, 0.5) is 0 Å². The fourth-order valence-corrected chi connectivity index (χ4v) is 4.19. The first-order valence-electron chi connectivity index (χ1n) is 7.47. The van der Waals surface area contributed by atoms with Gasteiger partial charge in [-0.25, -0.2) is 13.1 Å². The van der Waals surface area contributed by atoms with Crippen molar-refractivity contribution in [3.05, 3.63) is 28.8 Å². The molecule has 0 amide bonds. The monoisotopic (exact) mass is 342 g/mol. The predicted octanol–water partition coefficient (Wildman–Crippen LogP) is -0.884. The first-order valence-corrected chi connectivity index (χ1v) is 8.95. The van der Waals surface area contributed by atoms with Gasteiger partial charge in [-0.1, -0.05) is 13.8 Å². The molecule has 23 heavy (non-hydrogen) atoms. The Morgan fingerprint density at radius 1 is 1.26 bits per heavy atom. The molecule has 0 unspecified atom stereocenters. The quantitative estimate of drug-likeness (QED) is 0.673. The molecular weight excluding hydrogens is 316 g/mol. The molecule has 2 N–H and O–H groups in total. The largest absolute Gasteiger partial charge is 0.545 e. The normalized spacial score (nSPS) is 12.7. The molecule has 0 saturated carbocycles. The van der Waals surface area contributed by atoms with E-state index in [-0.39, 0.29) is 22.4 Å². The van der Waals surface area contributed by atoms with Gasteiger partial charge in [-0.15, -0.1) is 0 Å². The number of quaternary nitrogens is 1. The van der Waals surface area contributed by atoms with Gasteiger partial charge >= 0.3 is 0 Å². The number of carboxylic acid groups (broad SMARTS) is 1. The minimum atomic E-state index is -3.79. The number of hydrogen-bond donors (Lipinski definition) is 2. The lowest BCUT2D eigenvalue weighted by atomic mass is 9.93. The third-order valence-corrected chi connectivity index (χ3v) is 5.25. The number of aryl methyl sites for hydroxylation is 1. The van der Waals surface area contributed by atoms with Crippen LogP contribution in [0.5, 0.6) is 0 Å². The number of carbonyl (C=O) groups is 1. The zero-order valence-electron chi connectivity index (χ0n) is 14.6. The SMILES string of the molecule is Cc1cc(C(=O)[O-])cc(S(=O)(=O)NCC(C)(C)C[NH+](C)C)c1C. The summed E-state index contributed by atoms with van der Waals surface area (Å²) in [6.07, 6.45) is 0. The molecule has 6 nitrogen and oxygen atoms in total. The maximum Gasteiger partial charge on any atom is 0.240 e. The number of sulfonamides is 1. The second kappa shape index (κ2) is 6.98. The molecule has 0 aromatic heterocycles. The van der Waals surface area contributed by atoms with Crippen molar-refractivity contribution in [3.8, 4) is 0 Å². The van der Waals surface area contributed by atoms with Gasteiger partial charge in [0.25, 0.3) is 0 Å². The van der Waals surface area contributed by atoms with Gasteiger partial charge in [-0.3, -0.25) is 0 Å². The molecule has 0 atom stereocenters. The zero-order valence-corrected chi connectivity index (χ0v) is 15.4. The van der Waals surface area contributed by atoms with Crippen molar-refractivity contribution in [2.75, 3.05) is 27.2 Å². The summed E-state index contributed by atoms with van der Waals surface area (Å²) in [5.41, 5.74) is 0.786. The molecule has 1 rings (SSSR count). The summed E-state index contributed by atoms with van der Waals surface area (Å²) in [4.78, 5) is 12.3. The lowest BCUT2D eigenvalue weighted by Gasteiger charge is -2.26. The molecule has 1 aromatic carbocycles.